The Morgan fingerprint density at radius 1 is 0.633 bits per heavy atom. The first kappa shape index (κ1) is 34.3. The van der Waals surface area contributed by atoms with Gasteiger partial charge in [0.25, 0.3) is 0 Å². The molecular weight excluding hydrogens is 391 g/mol. The molecular formula is C24H47NaO5. The molecule has 0 unspecified atom stereocenters. The summed E-state index contributed by atoms with van der Waals surface area (Å²) in [4.78, 5) is 21.4. The van der Waals surface area contributed by atoms with Crippen molar-refractivity contribution in [3.05, 3.63) is 11.6 Å². The average Bonchev–Trinajstić information content (AvgIpc) is 2.67. The predicted octanol–water partition coefficient (Wildman–Crippen LogP) is 6.08. The van der Waals surface area contributed by atoms with Crippen LogP contribution in [0.3, 0.4) is 0 Å². The summed E-state index contributed by atoms with van der Waals surface area (Å²) in [5.74, 6) is -2.30. The Labute approximate surface area is 207 Å². The van der Waals surface area contributed by atoms with E-state index in [4.69, 9.17) is 15.3 Å². The molecule has 0 aromatic heterocycles. The number of carboxylic acids is 2. The molecule has 0 saturated heterocycles. The van der Waals surface area contributed by atoms with E-state index in [-0.39, 0.29) is 41.7 Å². The molecule has 0 bridgehead atoms. The first-order valence-corrected chi connectivity index (χ1v) is 11.8. The number of aliphatic hydroxyl groups excluding tert-OH is 1. The molecule has 0 aromatic carbocycles. The van der Waals surface area contributed by atoms with Gasteiger partial charge in [-0.25, -0.2) is 9.59 Å². The van der Waals surface area contributed by atoms with Gasteiger partial charge in [0.15, 0.2) is 0 Å². The van der Waals surface area contributed by atoms with E-state index in [0.29, 0.717) is 6.42 Å². The Morgan fingerprint density at radius 2 is 0.933 bits per heavy atom. The van der Waals surface area contributed by atoms with Crippen LogP contribution in [0.25, 0.3) is 0 Å². The second kappa shape index (κ2) is 28.6. The van der Waals surface area contributed by atoms with E-state index in [2.05, 4.69) is 6.92 Å². The van der Waals surface area contributed by atoms with Crippen molar-refractivity contribution in [3.8, 4) is 0 Å². The summed E-state index contributed by atoms with van der Waals surface area (Å²) >= 11 is 0. The zero-order valence-corrected chi connectivity index (χ0v) is 19.0. The minimum atomic E-state index is -1.18. The van der Waals surface area contributed by atoms with Gasteiger partial charge < -0.3 is 15.3 Å². The molecule has 0 atom stereocenters. The van der Waals surface area contributed by atoms with Gasteiger partial charge in [-0.2, -0.15) is 0 Å². The number of hydrogen-bond acceptors (Lipinski definition) is 3. The molecule has 0 rings (SSSR count). The zero-order chi connectivity index (χ0) is 22.2. The SMILES string of the molecule is CCCCCCCCCCCCCCCCCC/C(=C\C(=O)O)C(=O)O.CCO.[NaH]. The predicted molar refractivity (Wildman–Crippen MR) is 127 cm³/mol. The number of rotatable bonds is 19. The molecule has 30 heavy (non-hydrogen) atoms. The van der Waals surface area contributed by atoms with Crippen molar-refractivity contribution >= 4 is 41.5 Å². The molecule has 0 aromatic rings. The summed E-state index contributed by atoms with van der Waals surface area (Å²) in [7, 11) is 0. The molecule has 0 saturated carbocycles. The molecule has 0 radical (unpaired) electrons. The quantitative estimate of drug-likeness (QED) is 0.129. The summed E-state index contributed by atoms with van der Waals surface area (Å²) in [6, 6.07) is 0. The fourth-order valence-corrected chi connectivity index (χ4v) is 3.25. The third-order valence-corrected chi connectivity index (χ3v) is 4.87. The molecule has 0 heterocycles. The van der Waals surface area contributed by atoms with Gasteiger partial charge in [0.2, 0.25) is 0 Å². The van der Waals surface area contributed by atoms with Crippen LogP contribution in [0.4, 0.5) is 0 Å². The van der Waals surface area contributed by atoms with Crippen LogP contribution in [0.5, 0.6) is 0 Å². The first-order chi connectivity index (χ1) is 14.0. The molecule has 0 aliphatic carbocycles. The monoisotopic (exact) mass is 438 g/mol. The maximum absolute atomic E-state index is 10.9. The van der Waals surface area contributed by atoms with Gasteiger partial charge in [-0.15, -0.1) is 0 Å². The van der Waals surface area contributed by atoms with Gasteiger partial charge in [0.05, 0.1) is 0 Å². The average molecular weight is 439 g/mol. The van der Waals surface area contributed by atoms with E-state index in [1.165, 1.54) is 83.5 Å². The van der Waals surface area contributed by atoms with Crippen molar-refractivity contribution in [2.45, 2.75) is 123 Å². The van der Waals surface area contributed by atoms with Crippen LogP contribution < -0.4 is 0 Å². The third-order valence-electron chi connectivity index (χ3n) is 4.87. The van der Waals surface area contributed by atoms with Crippen molar-refractivity contribution in [2.75, 3.05) is 6.61 Å². The fourth-order valence-electron chi connectivity index (χ4n) is 3.25. The molecule has 0 spiro atoms. The second-order valence-corrected chi connectivity index (χ2v) is 7.68. The Hall–Kier alpha value is -0.360. The van der Waals surface area contributed by atoms with Crippen LogP contribution in [0.1, 0.15) is 123 Å². The van der Waals surface area contributed by atoms with Crippen LogP contribution in [-0.2, 0) is 9.59 Å². The van der Waals surface area contributed by atoms with Crippen LogP contribution in [0, 0.1) is 0 Å². The van der Waals surface area contributed by atoms with E-state index < -0.39 is 11.9 Å². The minimum absolute atomic E-state index is 0. The Morgan fingerprint density at radius 3 is 1.20 bits per heavy atom. The Balaban J connectivity index is -0.00000171. The van der Waals surface area contributed by atoms with Crippen LogP contribution in [0.2, 0.25) is 0 Å². The molecule has 6 heteroatoms. The molecule has 0 amide bonds. The number of hydrogen-bond donors (Lipinski definition) is 3. The number of aliphatic carboxylic acids is 2. The van der Waals surface area contributed by atoms with Crippen molar-refractivity contribution in [3.63, 3.8) is 0 Å². The summed E-state index contributed by atoms with van der Waals surface area (Å²) in [5, 5.41) is 25.1. The van der Waals surface area contributed by atoms with Gasteiger partial charge in [0.1, 0.15) is 0 Å². The molecule has 174 valence electrons. The summed E-state index contributed by atoms with van der Waals surface area (Å²) in [6.07, 6.45) is 21.6. The molecule has 3 N–H and O–H groups in total. The van der Waals surface area contributed by atoms with E-state index in [1.54, 1.807) is 6.92 Å². The Bertz CT molecular complexity index is 410. The summed E-state index contributed by atoms with van der Waals surface area (Å²) < 4.78 is 0. The first-order valence-electron chi connectivity index (χ1n) is 11.8. The van der Waals surface area contributed by atoms with Crippen LogP contribution in [0.15, 0.2) is 11.6 Å². The third kappa shape index (κ3) is 29.8. The second-order valence-electron chi connectivity index (χ2n) is 7.68. The van der Waals surface area contributed by atoms with E-state index in [0.717, 1.165) is 25.3 Å². The van der Waals surface area contributed by atoms with Gasteiger partial charge >= 0.3 is 41.5 Å². The fraction of sp³-hybridized carbons (Fsp3) is 0.833. The maximum atomic E-state index is 10.9. The Kier molecular flexibility index (Phi) is 32.7. The van der Waals surface area contributed by atoms with E-state index >= 15 is 0 Å². The molecule has 5 nitrogen and oxygen atoms in total. The van der Waals surface area contributed by atoms with E-state index in [1.807, 2.05) is 0 Å². The van der Waals surface area contributed by atoms with Gasteiger partial charge in [0, 0.05) is 18.3 Å². The van der Waals surface area contributed by atoms with Gasteiger partial charge in [-0.05, 0) is 19.8 Å². The van der Waals surface area contributed by atoms with Crippen LogP contribution in [-0.4, -0.2) is 63.4 Å². The summed E-state index contributed by atoms with van der Waals surface area (Å²) in [5.41, 5.74) is 0.00265. The van der Waals surface area contributed by atoms with Gasteiger partial charge in [-0.1, -0.05) is 103 Å². The standard InChI is InChI=1S/C22H40O4.C2H6O.Na.H/c1-2-3-4-5-6-7-8-9-10-11-12-13-14-15-16-17-18-20(22(25)26)19-21(23)24;1-2-3;;/h19H,2-18H2,1H3,(H,23,24)(H,25,26);3H,2H2,1H3;;/b20-19+;;;. The topological polar surface area (TPSA) is 94.8 Å². The van der Waals surface area contributed by atoms with Crippen LogP contribution >= 0.6 is 0 Å². The normalized spacial score (nSPS) is 10.7. The summed E-state index contributed by atoms with van der Waals surface area (Å²) in [6.45, 7) is 4.19. The number of carboxylic acid groups (broad SMARTS) is 2. The molecule has 0 fully saturated rings. The molecule has 0 aliphatic heterocycles. The van der Waals surface area contributed by atoms with Crippen molar-refractivity contribution in [1.29, 1.82) is 0 Å². The van der Waals surface area contributed by atoms with Crippen molar-refractivity contribution in [2.24, 2.45) is 0 Å². The van der Waals surface area contributed by atoms with Crippen molar-refractivity contribution in [1.82, 2.24) is 0 Å². The number of unbranched alkanes of at least 4 members (excludes halogenated alkanes) is 15. The number of carbonyl (C=O) groups is 2. The van der Waals surface area contributed by atoms with E-state index in [9.17, 15) is 9.59 Å². The van der Waals surface area contributed by atoms with Crippen molar-refractivity contribution < 1.29 is 24.9 Å². The molecule has 0 aliphatic rings. The zero-order valence-electron chi connectivity index (χ0n) is 19.0. The van der Waals surface area contributed by atoms with Gasteiger partial charge in [-0.3, -0.25) is 0 Å². The number of aliphatic hydroxyl groups is 1.